The fraction of sp³-hybridized carbons (Fsp3) is 0.143. The number of aromatic nitrogens is 6. The van der Waals surface area contributed by atoms with Crippen LogP contribution in [0.5, 0.6) is 0 Å². The predicted octanol–water partition coefficient (Wildman–Crippen LogP) is 4.48. The third kappa shape index (κ3) is 5.01. The Labute approximate surface area is 229 Å². The van der Waals surface area contributed by atoms with Gasteiger partial charge in [0.05, 0.1) is 53.0 Å². The number of halogens is 1. The van der Waals surface area contributed by atoms with Gasteiger partial charge >= 0.3 is 0 Å². The summed E-state index contributed by atoms with van der Waals surface area (Å²) in [5, 5.41) is 9.30. The zero-order valence-electron chi connectivity index (χ0n) is 21.9. The standard InChI is InChI=1S/C28H25FN8O2S/c1-37(2)20-7-18(11-30-12-20)24-9-22-27(15-32-24)35-36-28(22)25-8-21-23(13-31-14-26(21)34-25)17-4-16(5-19(29)6-17)10-33-40(3,38)39/h4-9,11-15,33-34H,10H2,1-3H3,(H,35,36). The third-order valence-corrected chi connectivity index (χ3v) is 7.26. The second-order valence-corrected chi connectivity index (χ2v) is 11.6. The van der Waals surface area contributed by atoms with Crippen LogP contribution in [0.1, 0.15) is 5.56 Å². The predicted molar refractivity (Wildman–Crippen MR) is 154 cm³/mol. The molecule has 0 amide bonds. The summed E-state index contributed by atoms with van der Waals surface area (Å²) in [7, 11) is 0.496. The monoisotopic (exact) mass is 556 g/mol. The summed E-state index contributed by atoms with van der Waals surface area (Å²) in [6.07, 6.45) is 9.75. The van der Waals surface area contributed by atoms with Crippen LogP contribution < -0.4 is 9.62 Å². The number of benzene rings is 1. The van der Waals surface area contributed by atoms with Crippen molar-refractivity contribution in [3.8, 4) is 33.8 Å². The van der Waals surface area contributed by atoms with Crippen molar-refractivity contribution in [3.63, 3.8) is 0 Å². The van der Waals surface area contributed by atoms with Crippen LogP contribution in [0.15, 0.2) is 67.4 Å². The summed E-state index contributed by atoms with van der Waals surface area (Å²) in [5.41, 5.74) is 7.39. The van der Waals surface area contributed by atoms with E-state index in [-0.39, 0.29) is 6.54 Å². The van der Waals surface area contributed by atoms with E-state index in [1.54, 1.807) is 37.1 Å². The molecule has 0 fully saturated rings. The van der Waals surface area contributed by atoms with Crippen LogP contribution in [0.25, 0.3) is 55.6 Å². The van der Waals surface area contributed by atoms with E-state index in [2.05, 4.69) is 34.9 Å². The van der Waals surface area contributed by atoms with Crippen molar-refractivity contribution in [1.29, 1.82) is 0 Å². The van der Waals surface area contributed by atoms with Crippen molar-refractivity contribution in [2.45, 2.75) is 6.54 Å². The number of nitrogens with zero attached hydrogens (tertiary/aromatic N) is 5. The molecule has 0 unspecified atom stereocenters. The lowest BCUT2D eigenvalue weighted by Crippen LogP contribution is -2.21. The van der Waals surface area contributed by atoms with Crippen molar-refractivity contribution in [2.75, 3.05) is 25.3 Å². The maximum atomic E-state index is 14.6. The average Bonchev–Trinajstić information content (AvgIpc) is 3.55. The normalized spacial score (nSPS) is 11.9. The van der Waals surface area contributed by atoms with Gasteiger partial charge in [-0.25, -0.2) is 17.5 Å². The number of nitrogens with one attached hydrogen (secondary N) is 3. The molecule has 5 heterocycles. The second kappa shape index (κ2) is 9.81. The first-order chi connectivity index (χ1) is 19.1. The van der Waals surface area contributed by atoms with Crippen molar-refractivity contribution in [2.24, 2.45) is 0 Å². The molecule has 40 heavy (non-hydrogen) atoms. The Balaban J connectivity index is 1.42. The van der Waals surface area contributed by atoms with Crippen LogP contribution in [0.2, 0.25) is 0 Å². The highest BCUT2D eigenvalue weighted by atomic mass is 32.2. The van der Waals surface area contributed by atoms with Gasteiger partial charge in [-0.05, 0) is 47.5 Å². The quantitative estimate of drug-likeness (QED) is 0.264. The maximum Gasteiger partial charge on any atom is 0.209 e. The zero-order chi connectivity index (χ0) is 28.0. The minimum atomic E-state index is -3.42. The molecule has 0 saturated heterocycles. The molecule has 0 saturated carbocycles. The molecule has 5 aromatic heterocycles. The van der Waals surface area contributed by atoms with Crippen molar-refractivity contribution in [1.82, 2.24) is 34.9 Å². The highest BCUT2D eigenvalue weighted by molar-refractivity contribution is 7.88. The van der Waals surface area contributed by atoms with Gasteiger partial charge in [-0.2, -0.15) is 5.10 Å². The van der Waals surface area contributed by atoms with Gasteiger partial charge in [0.15, 0.2) is 0 Å². The van der Waals surface area contributed by atoms with Gasteiger partial charge in [0.2, 0.25) is 10.0 Å². The molecule has 6 aromatic rings. The van der Waals surface area contributed by atoms with Gasteiger partial charge in [-0.1, -0.05) is 0 Å². The fourth-order valence-corrected chi connectivity index (χ4v) is 5.05. The molecule has 6 rings (SSSR count). The van der Waals surface area contributed by atoms with Gasteiger partial charge in [-0.15, -0.1) is 0 Å². The largest absolute Gasteiger partial charge is 0.376 e. The number of sulfonamides is 1. The summed E-state index contributed by atoms with van der Waals surface area (Å²) in [4.78, 5) is 18.7. The van der Waals surface area contributed by atoms with E-state index in [9.17, 15) is 12.8 Å². The van der Waals surface area contributed by atoms with Crippen LogP contribution in [0, 0.1) is 5.82 Å². The highest BCUT2D eigenvalue weighted by Gasteiger charge is 2.16. The molecule has 202 valence electrons. The molecule has 0 atom stereocenters. The summed E-state index contributed by atoms with van der Waals surface area (Å²) in [5.74, 6) is -0.471. The molecule has 0 aliphatic heterocycles. The van der Waals surface area contributed by atoms with Crippen molar-refractivity contribution < 1.29 is 12.8 Å². The average molecular weight is 557 g/mol. The highest BCUT2D eigenvalue weighted by Crippen LogP contribution is 2.35. The first-order valence-corrected chi connectivity index (χ1v) is 14.2. The smallest absolute Gasteiger partial charge is 0.209 e. The van der Waals surface area contributed by atoms with Crippen LogP contribution in [0.3, 0.4) is 0 Å². The van der Waals surface area contributed by atoms with E-state index in [1.807, 2.05) is 37.2 Å². The molecule has 12 heteroatoms. The summed E-state index contributed by atoms with van der Waals surface area (Å²) < 4.78 is 40.0. The number of pyridine rings is 3. The number of H-pyrrole nitrogens is 2. The molecule has 0 spiro atoms. The Hall–Kier alpha value is -4.68. The van der Waals surface area contributed by atoms with Crippen LogP contribution >= 0.6 is 0 Å². The van der Waals surface area contributed by atoms with Gasteiger partial charge < -0.3 is 9.88 Å². The molecule has 0 aliphatic carbocycles. The fourth-order valence-electron chi connectivity index (χ4n) is 4.62. The van der Waals surface area contributed by atoms with E-state index >= 15 is 0 Å². The molecule has 10 nitrogen and oxygen atoms in total. The number of anilines is 1. The van der Waals surface area contributed by atoms with E-state index in [4.69, 9.17) is 0 Å². The Morgan fingerprint density at radius 1 is 0.900 bits per heavy atom. The second-order valence-electron chi connectivity index (χ2n) is 9.79. The number of rotatable bonds is 7. The van der Waals surface area contributed by atoms with Crippen LogP contribution in [-0.4, -0.2) is 58.9 Å². The van der Waals surface area contributed by atoms with E-state index in [0.717, 1.165) is 50.7 Å². The van der Waals surface area contributed by atoms with Crippen molar-refractivity contribution >= 4 is 37.5 Å². The Bertz CT molecular complexity index is 2000. The first-order valence-electron chi connectivity index (χ1n) is 12.3. The molecule has 0 bridgehead atoms. The molecular weight excluding hydrogens is 531 g/mol. The molecular formula is C28H25FN8O2S. The minimum Gasteiger partial charge on any atom is -0.376 e. The molecule has 1 aromatic carbocycles. The molecule has 0 radical (unpaired) electrons. The van der Waals surface area contributed by atoms with E-state index < -0.39 is 15.8 Å². The molecule has 3 N–H and O–H groups in total. The SMILES string of the molecule is CN(C)c1cncc(-c2cc3c(-c4cc5c(-c6cc(F)cc(CNS(C)(=O)=O)c6)cncc5[nH]4)n[nH]c3cn2)c1. The first kappa shape index (κ1) is 25.6. The minimum absolute atomic E-state index is 0.0199. The zero-order valence-corrected chi connectivity index (χ0v) is 22.7. The van der Waals surface area contributed by atoms with E-state index in [1.165, 1.54) is 12.1 Å². The maximum absolute atomic E-state index is 14.6. The van der Waals surface area contributed by atoms with Crippen molar-refractivity contribution in [3.05, 3.63) is 78.8 Å². The van der Waals surface area contributed by atoms with Gasteiger partial charge in [0.1, 0.15) is 11.5 Å². The third-order valence-electron chi connectivity index (χ3n) is 6.59. The summed E-state index contributed by atoms with van der Waals surface area (Å²) in [6, 6.07) is 10.4. The topological polar surface area (TPSA) is 133 Å². The summed E-state index contributed by atoms with van der Waals surface area (Å²) >= 11 is 0. The Kier molecular flexibility index (Phi) is 6.28. The summed E-state index contributed by atoms with van der Waals surface area (Å²) in [6.45, 7) is -0.0199. The van der Waals surface area contributed by atoms with Gasteiger partial charge in [0.25, 0.3) is 0 Å². The lowest BCUT2D eigenvalue weighted by molar-refractivity contribution is 0.586. The Morgan fingerprint density at radius 2 is 1.73 bits per heavy atom. The number of hydrogen-bond donors (Lipinski definition) is 3. The molecule has 0 aliphatic rings. The van der Waals surface area contributed by atoms with Gasteiger partial charge in [0, 0.05) is 54.9 Å². The lowest BCUT2D eigenvalue weighted by atomic mass is 10.0. The number of fused-ring (bicyclic) bond motifs is 2. The van der Waals surface area contributed by atoms with Crippen LogP contribution in [-0.2, 0) is 16.6 Å². The van der Waals surface area contributed by atoms with E-state index in [0.29, 0.717) is 22.4 Å². The van der Waals surface area contributed by atoms with Gasteiger partial charge in [-0.3, -0.25) is 20.1 Å². The lowest BCUT2D eigenvalue weighted by Gasteiger charge is -2.12. The van der Waals surface area contributed by atoms with Crippen LogP contribution in [0.4, 0.5) is 10.1 Å². The number of hydrogen-bond acceptors (Lipinski definition) is 7. The number of aromatic amines is 2. The Morgan fingerprint density at radius 3 is 2.52 bits per heavy atom.